The van der Waals surface area contributed by atoms with Crippen LogP contribution in [0.4, 0.5) is 0 Å². The Labute approximate surface area is 216 Å². The molecule has 0 saturated heterocycles. The van der Waals surface area contributed by atoms with Crippen LogP contribution in [-0.4, -0.2) is 5.97 Å². The van der Waals surface area contributed by atoms with Gasteiger partial charge in [0, 0.05) is 6.42 Å². The van der Waals surface area contributed by atoms with Gasteiger partial charge in [0.25, 0.3) is 0 Å². The van der Waals surface area contributed by atoms with Crippen molar-refractivity contribution in [2.75, 3.05) is 0 Å². The van der Waals surface area contributed by atoms with Crippen LogP contribution in [-0.2, 0) is 16.1 Å². The van der Waals surface area contributed by atoms with E-state index in [9.17, 15) is 4.79 Å². The molecule has 2 heteroatoms. The van der Waals surface area contributed by atoms with Gasteiger partial charge in [0.15, 0.2) is 0 Å². The summed E-state index contributed by atoms with van der Waals surface area (Å²) < 4.78 is 5.48. The van der Waals surface area contributed by atoms with Gasteiger partial charge in [-0.3, -0.25) is 4.79 Å². The maximum absolute atomic E-state index is 12.0. The molecule has 2 aromatic carbocycles. The third-order valence-corrected chi connectivity index (χ3v) is 7.20. The van der Waals surface area contributed by atoms with E-state index in [2.05, 4.69) is 31.2 Å². The summed E-state index contributed by atoms with van der Waals surface area (Å²) in [6.07, 6.45) is 26.5. The average Bonchev–Trinajstić information content (AvgIpc) is 2.88. The summed E-state index contributed by atoms with van der Waals surface area (Å²) in [5, 5.41) is 2.41. The van der Waals surface area contributed by atoms with Crippen LogP contribution in [0.2, 0.25) is 0 Å². The minimum Gasteiger partial charge on any atom is -0.461 e. The Hall–Kier alpha value is -1.83. The lowest BCUT2D eigenvalue weighted by Gasteiger charge is -2.06. The highest BCUT2D eigenvalue weighted by atomic mass is 16.5. The molecule has 2 aromatic rings. The third-order valence-electron chi connectivity index (χ3n) is 7.20. The molecule has 0 aliphatic carbocycles. The lowest BCUT2D eigenvalue weighted by atomic mass is 10.0. The Balaban J connectivity index is 1.30. The summed E-state index contributed by atoms with van der Waals surface area (Å²) in [5.74, 6) is -0.0647. The number of carbonyl (C=O) groups excluding carboxylic acids is 1. The highest BCUT2D eigenvalue weighted by Crippen LogP contribution is 2.17. The van der Waals surface area contributed by atoms with Crippen molar-refractivity contribution in [2.24, 2.45) is 0 Å². The standard InChI is InChI=1S/C33H52O2/c1-2-3-4-5-6-7-8-9-10-11-12-13-14-15-16-17-18-19-20-25-33(34)35-29-30-26-27-31-23-21-22-24-32(31)28-30/h21-24,26-28H,2-20,25,29H2,1H3. The average molecular weight is 481 g/mol. The number of fused-ring (bicyclic) bond motifs is 1. The molecule has 0 unspecified atom stereocenters. The lowest BCUT2D eigenvalue weighted by Crippen LogP contribution is -2.04. The Morgan fingerprint density at radius 3 is 1.54 bits per heavy atom. The van der Waals surface area contributed by atoms with E-state index in [0.29, 0.717) is 13.0 Å². The van der Waals surface area contributed by atoms with Crippen molar-refractivity contribution in [3.8, 4) is 0 Å². The molecular weight excluding hydrogens is 428 g/mol. The highest BCUT2D eigenvalue weighted by molar-refractivity contribution is 5.83. The zero-order chi connectivity index (χ0) is 24.8. The predicted octanol–water partition coefficient (Wildman–Crippen LogP) is 10.7. The summed E-state index contributed by atoms with van der Waals surface area (Å²) >= 11 is 0. The van der Waals surface area contributed by atoms with Crippen LogP contribution >= 0.6 is 0 Å². The van der Waals surface area contributed by atoms with Gasteiger partial charge in [-0.05, 0) is 28.8 Å². The molecule has 0 fully saturated rings. The molecule has 0 N–H and O–H groups in total. The largest absolute Gasteiger partial charge is 0.461 e. The van der Waals surface area contributed by atoms with Gasteiger partial charge in [-0.2, -0.15) is 0 Å². The van der Waals surface area contributed by atoms with Gasteiger partial charge in [-0.1, -0.05) is 159 Å². The summed E-state index contributed by atoms with van der Waals surface area (Å²) in [6, 6.07) is 14.5. The third kappa shape index (κ3) is 15.0. The van der Waals surface area contributed by atoms with Crippen molar-refractivity contribution in [1.29, 1.82) is 0 Å². The second kappa shape index (κ2) is 20.4. The molecule has 0 radical (unpaired) electrons. The van der Waals surface area contributed by atoms with E-state index in [4.69, 9.17) is 4.74 Å². The molecule has 0 bridgehead atoms. The number of benzene rings is 2. The van der Waals surface area contributed by atoms with Crippen molar-refractivity contribution < 1.29 is 9.53 Å². The first-order chi connectivity index (χ1) is 17.3. The molecule has 35 heavy (non-hydrogen) atoms. The molecule has 0 amide bonds. The number of unbranched alkanes of at least 4 members (excludes halogenated alkanes) is 18. The summed E-state index contributed by atoms with van der Waals surface area (Å²) in [7, 11) is 0. The Kier molecular flexibility index (Phi) is 17.1. The lowest BCUT2D eigenvalue weighted by molar-refractivity contribution is -0.145. The second-order valence-corrected chi connectivity index (χ2v) is 10.5. The second-order valence-electron chi connectivity index (χ2n) is 10.5. The van der Waals surface area contributed by atoms with Crippen LogP contribution in [0, 0.1) is 0 Å². The molecule has 0 aliphatic heterocycles. The van der Waals surface area contributed by atoms with Crippen LogP contribution < -0.4 is 0 Å². The first-order valence-corrected chi connectivity index (χ1v) is 14.9. The van der Waals surface area contributed by atoms with Gasteiger partial charge < -0.3 is 4.74 Å². The smallest absolute Gasteiger partial charge is 0.306 e. The topological polar surface area (TPSA) is 26.3 Å². The van der Waals surface area contributed by atoms with Crippen molar-refractivity contribution in [1.82, 2.24) is 0 Å². The number of hydrogen-bond acceptors (Lipinski definition) is 2. The van der Waals surface area contributed by atoms with Gasteiger partial charge in [0.1, 0.15) is 6.61 Å². The van der Waals surface area contributed by atoms with Crippen LogP contribution in [0.5, 0.6) is 0 Å². The fraction of sp³-hybridized carbons (Fsp3) is 0.667. The number of esters is 1. The fourth-order valence-corrected chi connectivity index (χ4v) is 4.91. The van der Waals surface area contributed by atoms with Crippen LogP contribution in [0.25, 0.3) is 10.8 Å². The maximum Gasteiger partial charge on any atom is 0.306 e. The number of carbonyl (C=O) groups is 1. The molecule has 0 atom stereocenters. The minimum atomic E-state index is -0.0647. The number of hydrogen-bond donors (Lipinski definition) is 0. The summed E-state index contributed by atoms with van der Waals surface area (Å²) in [5.41, 5.74) is 1.06. The highest BCUT2D eigenvalue weighted by Gasteiger charge is 2.04. The van der Waals surface area contributed by atoms with E-state index in [1.807, 2.05) is 18.2 Å². The fourth-order valence-electron chi connectivity index (χ4n) is 4.91. The monoisotopic (exact) mass is 480 g/mol. The minimum absolute atomic E-state index is 0.0647. The first kappa shape index (κ1) is 29.4. The Morgan fingerprint density at radius 2 is 1.03 bits per heavy atom. The predicted molar refractivity (Wildman–Crippen MR) is 152 cm³/mol. The molecule has 0 aromatic heterocycles. The van der Waals surface area contributed by atoms with E-state index >= 15 is 0 Å². The summed E-state index contributed by atoms with van der Waals surface area (Å²) in [6.45, 7) is 2.67. The van der Waals surface area contributed by atoms with Crippen LogP contribution in [0.1, 0.15) is 141 Å². The molecule has 0 saturated carbocycles. The Bertz CT molecular complexity index is 782. The van der Waals surface area contributed by atoms with Crippen molar-refractivity contribution in [3.63, 3.8) is 0 Å². The van der Waals surface area contributed by atoms with Gasteiger partial charge in [0.2, 0.25) is 0 Å². The maximum atomic E-state index is 12.0. The van der Waals surface area contributed by atoms with Crippen molar-refractivity contribution in [2.45, 2.75) is 142 Å². The molecule has 0 aliphatic rings. The number of rotatable bonds is 22. The van der Waals surface area contributed by atoms with Crippen molar-refractivity contribution >= 4 is 16.7 Å². The van der Waals surface area contributed by atoms with Gasteiger partial charge >= 0.3 is 5.97 Å². The zero-order valence-electron chi connectivity index (χ0n) is 22.7. The molecule has 196 valence electrons. The zero-order valence-corrected chi connectivity index (χ0v) is 22.7. The van der Waals surface area contributed by atoms with E-state index in [1.165, 1.54) is 120 Å². The van der Waals surface area contributed by atoms with Gasteiger partial charge in [-0.15, -0.1) is 0 Å². The van der Waals surface area contributed by atoms with Crippen molar-refractivity contribution in [3.05, 3.63) is 48.0 Å². The van der Waals surface area contributed by atoms with E-state index in [1.54, 1.807) is 0 Å². The van der Waals surface area contributed by atoms with E-state index in [-0.39, 0.29) is 5.97 Å². The molecule has 0 heterocycles. The first-order valence-electron chi connectivity index (χ1n) is 14.9. The molecule has 0 spiro atoms. The van der Waals surface area contributed by atoms with E-state index < -0.39 is 0 Å². The number of ether oxygens (including phenoxy) is 1. The molecule has 2 rings (SSSR count). The SMILES string of the molecule is CCCCCCCCCCCCCCCCCCCCCC(=O)OCc1ccc2ccccc2c1. The normalized spacial score (nSPS) is 11.2. The van der Waals surface area contributed by atoms with Gasteiger partial charge in [0.05, 0.1) is 0 Å². The molecular formula is C33H52O2. The van der Waals surface area contributed by atoms with Gasteiger partial charge in [-0.25, -0.2) is 0 Å². The Morgan fingerprint density at radius 1 is 0.571 bits per heavy atom. The van der Waals surface area contributed by atoms with E-state index in [0.717, 1.165) is 18.4 Å². The quantitative estimate of drug-likeness (QED) is 0.124. The van der Waals surface area contributed by atoms with Crippen LogP contribution in [0.15, 0.2) is 42.5 Å². The van der Waals surface area contributed by atoms with Crippen LogP contribution in [0.3, 0.4) is 0 Å². The molecule has 2 nitrogen and oxygen atoms in total. The summed E-state index contributed by atoms with van der Waals surface area (Å²) in [4.78, 5) is 12.0.